The van der Waals surface area contributed by atoms with E-state index in [-0.39, 0.29) is 5.56 Å². The number of ether oxygens (including phenoxy) is 2. The van der Waals surface area contributed by atoms with Crippen molar-refractivity contribution in [2.45, 2.75) is 32.8 Å². The second-order valence-electron chi connectivity index (χ2n) is 5.88. The van der Waals surface area contributed by atoms with Gasteiger partial charge in [0.25, 0.3) is 0 Å². The number of amides is 1. The topological polar surface area (TPSA) is 84.9 Å². The number of benzene rings is 1. The van der Waals surface area contributed by atoms with Gasteiger partial charge in [-0.2, -0.15) is 0 Å². The molecule has 0 saturated heterocycles. The molecule has 6 nitrogen and oxygen atoms in total. The highest BCUT2D eigenvalue weighted by molar-refractivity contribution is 5.91. The van der Waals surface area contributed by atoms with E-state index in [1.54, 1.807) is 45.0 Å². The van der Waals surface area contributed by atoms with Gasteiger partial charge in [-0.3, -0.25) is 0 Å². The van der Waals surface area contributed by atoms with Crippen molar-refractivity contribution >= 4 is 18.1 Å². The van der Waals surface area contributed by atoms with Crippen LogP contribution in [0.5, 0.6) is 5.75 Å². The zero-order valence-electron chi connectivity index (χ0n) is 13.9. The van der Waals surface area contributed by atoms with E-state index in [0.29, 0.717) is 18.7 Å². The van der Waals surface area contributed by atoms with Crippen LogP contribution in [0.3, 0.4) is 0 Å². The molecule has 0 aliphatic rings. The fraction of sp³-hybridized carbons (Fsp3) is 0.412. The van der Waals surface area contributed by atoms with Crippen molar-refractivity contribution in [3.8, 4) is 5.75 Å². The van der Waals surface area contributed by atoms with Gasteiger partial charge in [0.05, 0.1) is 7.11 Å². The van der Waals surface area contributed by atoms with Gasteiger partial charge in [0.15, 0.2) is 0 Å². The van der Waals surface area contributed by atoms with Gasteiger partial charge in [-0.1, -0.05) is 18.2 Å². The molecule has 0 radical (unpaired) electrons. The summed E-state index contributed by atoms with van der Waals surface area (Å²) in [6, 6.07) is 4.92. The van der Waals surface area contributed by atoms with Gasteiger partial charge in [0.1, 0.15) is 16.9 Å². The van der Waals surface area contributed by atoms with Crippen LogP contribution in [0.25, 0.3) is 6.08 Å². The van der Waals surface area contributed by atoms with Gasteiger partial charge >= 0.3 is 12.1 Å². The minimum absolute atomic E-state index is 0.113. The smallest absolute Gasteiger partial charge is 0.407 e. The van der Waals surface area contributed by atoms with Crippen LogP contribution in [-0.2, 0) is 4.74 Å². The molecule has 1 rings (SSSR count). The van der Waals surface area contributed by atoms with Crippen molar-refractivity contribution in [1.29, 1.82) is 0 Å². The van der Waals surface area contributed by atoms with E-state index in [1.165, 1.54) is 7.11 Å². The van der Waals surface area contributed by atoms with Crippen molar-refractivity contribution in [3.63, 3.8) is 0 Å². The fourth-order valence-corrected chi connectivity index (χ4v) is 1.79. The summed E-state index contributed by atoms with van der Waals surface area (Å²) in [5, 5.41) is 11.8. The van der Waals surface area contributed by atoms with E-state index in [1.807, 2.05) is 6.08 Å². The number of carbonyl (C=O) groups excluding carboxylic acids is 1. The SMILES string of the molecule is COc1ccc(C=CCCNC(=O)OC(C)(C)C)cc1C(=O)O. The summed E-state index contributed by atoms with van der Waals surface area (Å²) in [5.41, 5.74) is 0.345. The molecule has 0 fully saturated rings. The van der Waals surface area contributed by atoms with Gasteiger partial charge in [-0.05, 0) is 44.9 Å². The van der Waals surface area contributed by atoms with Crippen molar-refractivity contribution in [2.24, 2.45) is 0 Å². The van der Waals surface area contributed by atoms with Gasteiger partial charge < -0.3 is 19.9 Å². The van der Waals surface area contributed by atoms with Crippen LogP contribution in [0, 0.1) is 0 Å². The molecule has 1 aromatic carbocycles. The van der Waals surface area contributed by atoms with Crippen molar-refractivity contribution < 1.29 is 24.2 Å². The summed E-state index contributed by atoms with van der Waals surface area (Å²) in [6.45, 7) is 5.84. The molecule has 0 spiro atoms. The molecule has 0 aliphatic carbocycles. The lowest BCUT2D eigenvalue weighted by Gasteiger charge is -2.19. The maximum absolute atomic E-state index is 11.4. The Bertz CT molecular complexity index is 587. The standard InChI is InChI=1S/C17H23NO5/c1-17(2,3)23-16(21)18-10-6-5-7-12-8-9-14(22-4)13(11-12)15(19)20/h5,7-9,11H,6,10H2,1-4H3,(H,18,21)(H,19,20). The Hall–Kier alpha value is -2.50. The van der Waals surface area contributed by atoms with Crippen LogP contribution >= 0.6 is 0 Å². The molecule has 0 heterocycles. The number of carboxylic acid groups (broad SMARTS) is 1. The number of hydrogen-bond donors (Lipinski definition) is 2. The van der Waals surface area contributed by atoms with Gasteiger partial charge in [0, 0.05) is 6.54 Å². The molecular weight excluding hydrogens is 298 g/mol. The molecule has 1 amide bonds. The molecule has 126 valence electrons. The molecule has 2 N–H and O–H groups in total. The molecule has 0 atom stereocenters. The summed E-state index contributed by atoms with van der Waals surface area (Å²) in [4.78, 5) is 22.6. The first-order valence-electron chi connectivity index (χ1n) is 7.27. The Kier molecular flexibility index (Phi) is 6.63. The van der Waals surface area contributed by atoms with Crippen LogP contribution < -0.4 is 10.1 Å². The third kappa shape index (κ3) is 6.86. The van der Waals surface area contributed by atoms with Gasteiger partial charge in [0.2, 0.25) is 0 Å². The predicted octanol–water partition coefficient (Wildman–Crippen LogP) is 3.32. The number of methoxy groups -OCH3 is 1. The molecule has 23 heavy (non-hydrogen) atoms. The second kappa shape index (κ2) is 8.22. The Balaban J connectivity index is 2.51. The van der Waals surface area contributed by atoms with Gasteiger partial charge in [-0.15, -0.1) is 0 Å². The average Bonchev–Trinajstić information content (AvgIpc) is 2.44. The van der Waals surface area contributed by atoms with E-state index in [2.05, 4.69) is 5.32 Å². The summed E-state index contributed by atoms with van der Waals surface area (Å²) in [6.07, 6.45) is 3.80. The molecule has 0 saturated carbocycles. The van der Waals surface area contributed by atoms with Crippen LogP contribution in [-0.4, -0.2) is 36.4 Å². The number of carboxylic acids is 1. The Morgan fingerprint density at radius 1 is 1.30 bits per heavy atom. The van der Waals surface area contributed by atoms with Crippen molar-refractivity contribution in [1.82, 2.24) is 5.32 Å². The normalized spacial score (nSPS) is 11.3. The van der Waals surface area contributed by atoms with Gasteiger partial charge in [-0.25, -0.2) is 9.59 Å². The summed E-state index contributed by atoms with van der Waals surface area (Å²) < 4.78 is 10.1. The van der Waals surface area contributed by atoms with Crippen molar-refractivity contribution in [3.05, 3.63) is 35.4 Å². The minimum Gasteiger partial charge on any atom is -0.496 e. The van der Waals surface area contributed by atoms with Crippen LogP contribution in [0.15, 0.2) is 24.3 Å². The van der Waals surface area contributed by atoms with E-state index in [0.717, 1.165) is 5.56 Å². The first-order chi connectivity index (χ1) is 10.7. The quantitative estimate of drug-likeness (QED) is 0.785. The maximum Gasteiger partial charge on any atom is 0.407 e. The molecule has 6 heteroatoms. The second-order valence-corrected chi connectivity index (χ2v) is 5.88. The summed E-state index contributed by atoms with van der Waals surface area (Å²) >= 11 is 0. The van der Waals surface area contributed by atoms with Crippen LogP contribution in [0.4, 0.5) is 4.79 Å². The zero-order chi connectivity index (χ0) is 17.5. The molecule has 0 unspecified atom stereocenters. The summed E-state index contributed by atoms with van der Waals surface area (Å²) in [7, 11) is 1.43. The lowest BCUT2D eigenvalue weighted by molar-refractivity contribution is 0.0528. The highest BCUT2D eigenvalue weighted by atomic mass is 16.6. The average molecular weight is 321 g/mol. The molecule has 0 bridgehead atoms. The number of carbonyl (C=O) groups is 2. The number of alkyl carbamates (subject to hydrolysis) is 1. The highest BCUT2D eigenvalue weighted by Gasteiger charge is 2.15. The third-order valence-corrected chi connectivity index (χ3v) is 2.74. The number of rotatable bonds is 6. The number of hydrogen-bond acceptors (Lipinski definition) is 4. The number of aromatic carboxylic acids is 1. The first-order valence-corrected chi connectivity index (χ1v) is 7.27. The largest absolute Gasteiger partial charge is 0.496 e. The number of nitrogens with one attached hydrogen (secondary N) is 1. The third-order valence-electron chi connectivity index (χ3n) is 2.74. The summed E-state index contributed by atoms with van der Waals surface area (Å²) in [5.74, 6) is -0.718. The van der Waals surface area contributed by atoms with Crippen LogP contribution in [0.2, 0.25) is 0 Å². The lowest BCUT2D eigenvalue weighted by atomic mass is 10.1. The molecule has 0 aromatic heterocycles. The van der Waals surface area contributed by atoms with Crippen molar-refractivity contribution in [2.75, 3.05) is 13.7 Å². The molecule has 1 aromatic rings. The monoisotopic (exact) mass is 321 g/mol. The Labute approximate surface area is 136 Å². The van der Waals surface area contributed by atoms with E-state index in [4.69, 9.17) is 14.6 Å². The van der Waals surface area contributed by atoms with E-state index >= 15 is 0 Å². The molecule has 0 aliphatic heterocycles. The maximum atomic E-state index is 11.4. The zero-order valence-corrected chi connectivity index (χ0v) is 13.9. The van der Waals surface area contributed by atoms with E-state index in [9.17, 15) is 9.59 Å². The van der Waals surface area contributed by atoms with E-state index < -0.39 is 17.7 Å². The Morgan fingerprint density at radius 3 is 2.57 bits per heavy atom. The van der Waals surface area contributed by atoms with Crippen LogP contribution in [0.1, 0.15) is 43.1 Å². The minimum atomic E-state index is -1.04. The molecular formula is C17H23NO5. The Morgan fingerprint density at radius 2 is 2.00 bits per heavy atom. The highest BCUT2D eigenvalue weighted by Crippen LogP contribution is 2.20. The fourth-order valence-electron chi connectivity index (χ4n) is 1.79. The first kappa shape index (κ1) is 18.5. The predicted molar refractivity (Wildman–Crippen MR) is 87.8 cm³/mol. The lowest BCUT2D eigenvalue weighted by Crippen LogP contribution is -2.32.